The summed E-state index contributed by atoms with van der Waals surface area (Å²) in [5.74, 6) is 0.570. The van der Waals surface area contributed by atoms with Crippen LogP contribution in [-0.4, -0.2) is 0 Å². The van der Waals surface area contributed by atoms with Crippen LogP contribution in [0.25, 0.3) is 0 Å². The van der Waals surface area contributed by atoms with Crippen LogP contribution in [0.5, 0.6) is 0 Å². The SMILES string of the molecule is CCC(C)c1ccc(NCc2ccc(C(F)F)cc2)cc1. The van der Waals surface area contributed by atoms with Crippen molar-refractivity contribution in [1.82, 2.24) is 0 Å². The lowest BCUT2D eigenvalue weighted by Gasteiger charge is -2.11. The predicted octanol–water partition coefficient (Wildman–Crippen LogP) is 5.75. The Hall–Kier alpha value is -1.90. The van der Waals surface area contributed by atoms with Gasteiger partial charge in [-0.1, -0.05) is 50.2 Å². The zero-order valence-electron chi connectivity index (χ0n) is 12.4. The molecule has 1 atom stereocenters. The second-order valence-electron chi connectivity index (χ2n) is 5.33. The minimum Gasteiger partial charge on any atom is -0.381 e. The average Bonchev–Trinajstić information content (AvgIpc) is 2.53. The van der Waals surface area contributed by atoms with E-state index < -0.39 is 6.43 Å². The largest absolute Gasteiger partial charge is 0.381 e. The topological polar surface area (TPSA) is 12.0 Å². The quantitative estimate of drug-likeness (QED) is 0.714. The highest BCUT2D eigenvalue weighted by Gasteiger charge is 2.06. The van der Waals surface area contributed by atoms with Crippen molar-refractivity contribution in [2.24, 2.45) is 0 Å². The second kappa shape index (κ2) is 7.21. The molecule has 112 valence electrons. The molecule has 0 saturated carbocycles. The smallest absolute Gasteiger partial charge is 0.263 e. The number of alkyl halides is 2. The third-order valence-electron chi connectivity index (χ3n) is 3.82. The summed E-state index contributed by atoms with van der Waals surface area (Å²) in [6, 6.07) is 14.8. The number of anilines is 1. The van der Waals surface area contributed by atoms with Crippen LogP contribution in [0.1, 0.15) is 49.3 Å². The molecule has 2 aromatic rings. The monoisotopic (exact) mass is 289 g/mol. The Morgan fingerprint density at radius 1 is 0.905 bits per heavy atom. The van der Waals surface area contributed by atoms with Gasteiger partial charge in [-0.05, 0) is 35.6 Å². The molecule has 0 radical (unpaired) electrons. The average molecular weight is 289 g/mol. The van der Waals surface area contributed by atoms with Crippen molar-refractivity contribution in [1.29, 1.82) is 0 Å². The van der Waals surface area contributed by atoms with Gasteiger partial charge in [0.05, 0.1) is 0 Å². The number of benzene rings is 2. The van der Waals surface area contributed by atoms with Crippen molar-refractivity contribution < 1.29 is 8.78 Å². The van der Waals surface area contributed by atoms with E-state index in [9.17, 15) is 8.78 Å². The van der Waals surface area contributed by atoms with E-state index in [1.54, 1.807) is 12.1 Å². The summed E-state index contributed by atoms with van der Waals surface area (Å²) in [4.78, 5) is 0. The first-order valence-electron chi connectivity index (χ1n) is 7.31. The maximum atomic E-state index is 12.5. The maximum Gasteiger partial charge on any atom is 0.263 e. The fourth-order valence-corrected chi connectivity index (χ4v) is 2.15. The molecule has 2 aromatic carbocycles. The summed E-state index contributed by atoms with van der Waals surface area (Å²) in [5.41, 5.74) is 3.44. The van der Waals surface area contributed by atoms with Crippen LogP contribution in [0.4, 0.5) is 14.5 Å². The van der Waals surface area contributed by atoms with E-state index in [0.717, 1.165) is 17.7 Å². The van der Waals surface area contributed by atoms with E-state index in [0.29, 0.717) is 12.5 Å². The van der Waals surface area contributed by atoms with Crippen LogP contribution in [-0.2, 0) is 6.54 Å². The van der Waals surface area contributed by atoms with Crippen molar-refractivity contribution in [2.45, 2.75) is 39.2 Å². The number of rotatable bonds is 6. The van der Waals surface area contributed by atoms with E-state index in [-0.39, 0.29) is 5.56 Å². The molecule has 21 heavy (non-hydrogen) atoms. The standard InChI is InChI=1S/C18H21F2N/c1-3-13(2)15-8-10-17(11-9-15)21-12-14-4-6-16(7-5-14)18(19)20/h4-11,13,18,21H,3,12H2,1-2H3. The summed E-state index contributed by atoms with van der Waals surface area (Å²) in [6.07, 6.45) is -1.27. The number of halogens is 2. The summed E-state index contributed by atoms with van der Waals surface area (Å²) in [6.45, 7) is 5.03. The van der Waals surface area contributed by atoms with Gasteiger partial charge >= 0.3 is 0 Å². The van der Waals surface area contributed by atoms with Crippen LogP contribution >= 0.6 is 0 Å². The molecule has 1 N–H and O–H groups in total. The van der Waals surface area contributed by atoms with E-state index in [2.05, 4.69) is 43.4 Å². The van der Waals surface area contributed by atoms with Gasteiger partial charge < -0.3 is 5.32 Å². The van der Waals surface area contributed by atoms with Crippen molar-refractivity contribution in [3.05, 3.63) is 65.2 Å². The zero-order valence-corrected chi connectivity index (χ0v) is 12.4. The second-order valence-corrected chi connectivity index (χ2v) is 5.33. The molecule has 0 fully saturated rings. The first-order valence-corrected chi connectivity index (χ1v) is 7.31. The Labute approximate surface area is 125 Å². The van der Waals surface area contributed by atoms with Gasteiger partial charge in [0.25, 0.3) is 6.43 Å². The predicted molar refractivity (Wildman–Crippen MR) is 83.9 cm³/mol. The molecule has 0 aromatic heterocycles. The van der Waals surface area contributed by atoms with Gasteiger partial charge in [-0.3, -0.25) is 0 Å². The summed E-state index contributed by atoms with van der Waals surface area (Å²) >= 11 is 0. The molecule has 0 aliphatic carbocycles. The minimum atomic E-state index is -2.40. The van der Waals surface area contributed by atoms with Crippen LogP contribution in [0.15, 0.2) is 48.5 Å². The van der Waals surface area contributed by atoms with E-state index in [1.807, 2.05) is 0 Å². The van der Waals surface area contributed by atoms with Crippen LogP contribution < -0.4 is 5.32 Å². The Kier molecular flexibility index (Phi) is 5.32. The first-order chi connectivity index (χ1) is 10.1. The molecule has 0 aliphatic heterocycles. The summed E-state index contributed by atoms with van der Waals surface area (Å²) < 4.78 is 24.9. The van der Waals surface area contributed by atoms with Gasteiger partial charge in [0.1, 0.15) is 0 Å². The van der Waals surface area contributed by atoms with Gasteiger partial charge in [0.15, 0.2) is 0 Å². The van der Waals surface area contributed by atoms with Crippen LogP contribution in [0.3, 0.4) is 0 Å². The highest BCUT2D eigenvalue weighted by atomic mass is 19.3. The highest BCUT2D eigenvalue weighted by molar-refractivity contribution is 5.45. The minimum absolute atomic E-state index is 0.0663. The van der Waals surface area contributed by atoms with Crippen molar-refractivity contribution in [2.75, 3.05) is 5.32 Å². The normalized spacial score (nSPS) is 12.4. The van der Waals surface area contributed by atoms with Gasteiger partial charge in [-0.25, -0.2) is 8.78 Å². The number of hydrogen-bond donors (Lipinski definition) is 1. The van der Waals surface area contributed by atoms with E-state index in [4.69, 9.17) is 0 Å². The lowest BCUT2D eigenvalue weighted by atomic mass is 9.98. The molecular weight excluding hydrogens is 268 g/mol. The summed E-state index contributed by atoms with van der Waals surface area (Å²) in [7, 11) is 0. The Bertz CT molecular complexity index is 546. The lowest BCUT2D eigenvalue weighted by molar-refractivity contribution is 0.151. The van der Waals surface area contributed by atoms with Gasteiger partial charge in [-0.15, -0.1) is 0 Å². The molecule has 0 amide bonds. The molecule has 0 bridgehead atoms. The first kappa shape index (κ1) is 15.5. The molecular formula is C18H21F2N. The Morgan fingerprint density at radius 3 is 2.00 bits per heavy atom. The van der Waals surface area contributed by atoms with E-state index >= 15 is 0 Å². The van der Waals surface area contributed by atoms with Crippen molar-refractivity contribution in [3.8, 4) is 0 Å². The van der Waals surface area contributed by atoms with Gasteiger partial charge in [-0.2, -0.15) is 0 Å². The fourth-order valence-electron chi connectivity index (χ4n) is 2.15. The van der Waals surface area contributed by atoms with Crippen molar-refractivity contribution in [3.63, 3.8) is 0 Å². The fraction of sp³-hybridized carbons (Fsp3) is 0.333. The molecule has 0 spiro atoms. The van der Waals surface area contributed by atoms with E-state index in [1.165, 1.54) is 17.7 Å². The molecule has 1 nitrogen and oxygen atoms in total. The van der Waals surface area contributed by atoms with Crippen LogP contribution in [0, 0.1) is 0 Å². The third kappa shape index (κ3) is 4.28. The zero-order chi connectivity index (χ0) is 15.2. The molecule has 2 rings (SSSR count). The third-order valence-corrected chi connectivity index (χ3v) is 3.82. The summed E-state index contributed by atoms with van der Waals surface area (Å²) in [5, 5.41) is 3.31. The highest BCUT2D eigenvalue weighted by Crippen LogP contribution is 2.21. The van der Waals surface area contributed by atoms with Gasteiger partial charge in [0, 0.05) is 17.8 Å². The molecule has 0 aliphatic rings. The van der Waals surface area contributed by atoms with Gasteiger partial charge in [0.2, 0.25) is 0 Å². The lowest BCUT2D eigenvalue weighted by Crippen LogP contribution is -2.00. The molecule has 0 saturated heterocycles. The maximum absolute atomic E-state index is 12.5. The Balaban J connectivity index is 1.93. The molecule has 1 unspecified atom stereocenters. The molecule has 0 heterocycles. The Morgan fingerprint density at radius 2 is 1.48 bits per heavy atom. The molecule has 3 heteroatoms. The van der Waals surface area contributed by atoms with Crippen LogP contribution in [0.2, 0.25) is 0 Å². The van der Waals surface area contributed by atoms with Crippen molar-refractivity contribution >= 4 is 5.69 Å². The number of hydrogen-bond acceptors (Lipinski definition) is 1. The number of nitrogens with one attached hydrogen (secondary N) is 1.